The summed E-state index contributed by atoms with van der Waals surface area (Å²) in [6.45, 7) is 5.68. The molecule has 1 aromatic rings. The highest BCUT2D eigenvalue weighted by atomic mass is 35.5. The van der Waals surface area contributed by atoms with E-state index in [1.165, 1.54) is 6.07 Å². The summed E-state index contributed by atoms with van der Waals surface area (Å²) < 4.78 is 0. The number of carbonyl (C=O) groups is 2. The second-order valence-electron chi connectivity index (χ2n) is 5.98. The van der Waals surface area contributed by atoms with E-state index < -0.39 is 5.92 Å². The second kappa shape index (κ2) is 5.40. The molecule has 114 valence electrons. The van der Waals surface area contributed by atoms with Crippen molar-refractivity contribution in [3.8, 4) is 5.75 Å². The lowest BCUT2D eigenvalue weighted by Crippen LogP contribution is -2.31. The fourth-order valence-electron chi connectivity index (χ4n) is 3.40. The monoisotopic (exact) mass is 316 g/mol. The zero-order valence-corrected chi connectivity index (χ0v) is 13.2. The Morgan fingerprint density at radius 3 is 2.50 bits per heavy atom. The highest BCUT2D eigenvalue weighted by Crippen LogP contribution is 2.42. The number of carbonyl (C=O) groups excluding carboxylic acids is 2. The Labute approximate surface area is 134 Å². The van der Waals surface area contributed by atoms with Gasteiger partial charge in [0.15, 0.2) is 11.6 Å². The molecule has 1 unspecified atom stereocenters. The summed E-state index contributed by atoms with van der Waals surface area (Å²) in [5, 5.41) is 10.1. The molecule has 4 heteroatoms. The number of allylic oxidation sites excluding steroid dienone is 3. The first-order valence-electron chi connectivity index (χ1n) is 7.40. The Morgan fingerprint density at radius 1 is 1.18 bits per heavy atom. The molecule has 3 rings (SSSR count). The van der Waals surface area contributed by atoms with Gasteiger partial charge in [0, 0.05) is 16.7 Å². The standard InChI is InChI=1S/C18H17ClO3/c1-9-7-14(19)15(20)8-13(9)16-10(2)17(21)11-5-3-4-6-12(11)18(16)22/h7-8,16,20H,2-6H2,1H3. The summed E-state index contributed by atoms with van der Waals surface area (Å²) in [6, 6.07) is 3.09. The number of Topliss-reactive ketones (excluding diaryl/α,β-unsaturated/α-hetero) is 2. The van der Waals surface area contributed by atoms with Gasteiger partial charge in [-0.1, -0.05) is 18.2 Å². The van der Waals surface area contributed by atoms with Gasteiger partial charge in [0.2, 0.25) is 0 Å². The molecule has 0 spiro atoms. The van der Waals surface area contributed by atoms with Crippen LogP contribution in [0.4, 0.5) is 0 Å². The number of ketones is 2. The predicted molar refractivity (Wildman–Crippen MR) is 85.2 cm³/mol. The highest BCUT2D eigenvalue weighted by Gasteiger charge is 2.39. The Balaban J connectivity index is 2.14. The van der Waals surface area contributed by atoms with E-state index >= 15 is 0 Å². The van der Waals surface area contributed by atoms with Gasteiger partial charge >= 0.3 is 0 Å². The molecule has 0 aliphatic heterocycles. The zero-order chi connectivity index (χ0) is 16.0. The summed E-state index contributed by atoms with van der Waals surface area (Å²) in [5.74, 6) is -0.941. The number of phenolic OH excluding ortho intramolecular Hbond substituents is 1. The molecule has 0 amide bonds. The van der Waals surface area contributed by atoms with E-state index in [9.17, 15) is 14.7 Å². The Morgan fingerprint density at radius 2 is 1.82 bits per heavy atom. The van der Waals surface area contributed by atoms with Gasteiger partial charge in [-0.25, -0.2) is 0 Å². The van der Waals surface area contributed by atoms with E-state index in [1.54, 1.807) is 6.07 Å². The normalized spacial score (nSPS) is 22.1. The molecular weight excluding hydrogens is 300 g/mol. The van der Waals surface area contributed by atoms with Crippen LogP contribution in [0.15, 0.2) is 35.4 Å². The number of halogens is 1. The van der Waals surface area contributed by atoms with Gasteiger partial charge in [0.05, 0.1) is 10.9 Å². The Bertz CT molecular complexity index is 743. The van der Waals surface area contributed by atoms with Gasteiger partial charge in [-0.2, -0.15) is 0 Å². The highest BCUT2D eigenvalue weighted by molar-refractivity contribution is 6.32. The van der Waals surface area contributed by atoms with Crippen molar-refractivity contribution in [1.82, 2.24) is 0 Å². The quantitative estimate of drug-likeness (QED) is 0.796. The first kappa shape index (κ1) is 15.0. The van der Waals surface area contributed by atoms with Crippen molar-refractivity contribution in [3.63, 3.8) is 0 Å². The van der Waals surface area contributed by atoms with Gasteiger partial charge in [0.25, 0.3) is 0 Å². The van der Waals surface area contributed by atoms with Crippen LogP contribution in [0.2, 0.25) is 5.02 Å². The Hall–Kier alpha value is -1.87. The van der Waals surface area contributed by atoms with Gasteiger partial charge in [-0.15, -0.1) is 0 Å². The summed E-state index contributed by atoms with van der Waals surface area (Å²) in [7, 11) is 0. The maximum absolute atomic E-state index is 12.9. The van der Waals surface area contributed by atoms with Gasteiger partial charge in [-0.3, -0.25) is 9.59 Å². The maximum Gasteiger partial charge on any atom is 0.185 e. The van der Waals surface area contributed by atoms with Crippen LogP contribution in [-0.4, -0.2) is 16.7 Å². The average molecular weight is 317 g/mol. The number of aryl methyl sites for hydroxylation is 1. The van der Waals surface area contributed by atoms with Crippen LogP contribution < -0.4 is 0 Å². The minimum absolute atomic E-state index is 0.0517. The van der Waals surface area contributed by atoms with Gasteiger partial charge < -0.3 is 5.11 Å². The molecule has 2 aliphatic carbocycles. The minimum Gasteiger partial charge on any atom is -0.506 e. The summed E-state index contributed by atoms with van der Waals surface area (Å²) in [4.78, 5) is 25.4. The zero-order valence-electron chi connectivity index (χ0n) is 12.4. The number of hydrogen-bond acceptors (Lipinski definition) is 3. The van der Waals surface area contributed by atoms with Crippen LogP contribution in [0.1, 0.15) is 42.7 Å². The van der Waals surface area contributed by atoms with Crippen molar-refractivity contribution in [3.05, 3.63) is 51.6 Å². The second-order valence-corrected chi connectivity index (χ2v) is 6.38. The van der Waals surface area contributed by atoms with E-state index in [2.05, 4.69) is 6.58 Å². The third-order valence-corrected chi connectivity index (χ3v) is 4.89. The molecule has 1 atom stereocenters. The van der Waals surface area contributed by atoms with Crippen molar-refractivity contribution in [1.29, 1.82) is 0 Å². The fraction of sp³-hybridized carbons (Fsp3) is 0.333. The van der Waals surface area contributed by atoms with Crippen LogP contribution in [-0.2, 0) is 9.59 Å². The third-order valence-electron chi connectivity index (χ3n) is 4.59. The lowest BCUT2D eigenvalue weighted by atomic mass is 9.70. The SMILES string of the molecule is C=C1C(=O)C2=C(CCCC2)C(=O)C1c1cc(O)c(Cl)cc1C. The molecule has 3 nitrogen and oxygen atoms in total. The van der Waals surface area contributed by atoms with Crippen LogP contribution in [0.3, 0.4) is 0 Å². The Kier molecular flexibility index (Phi) is 3.69. The number of aromatic hydroxyl groups is 1. The number of hydrogen-bond donors (Lipinski definition) is 1. The van der Waals surface area contributed by atoms with Crippen molar-refractivity contribution in [2.45, 2.75) is 38.5 Å². The third kappa shape index (κ3) is 2.20. The molecular formula is C18H17ClO3. The molecule has 0 aromatic heterocycles. The molecule has 0 saturated heterocycles. The summed E-state index contributed by atoms with van der Waals surface area (Å²) >= 11 is 5.90. The first-order valence-corrected chi connectivity index (χ1v) is 7.78. The van der Waals surface area contributed by atoms with Crippen LogP contribution in [0.5, 0.6) is 5.75 Å². The number of benzene rings is 1. The van der Waals surface area contributed by atoms with E-state index in [0.717, 1.165) is 18.4 Å². The largest absolute Gasteiger partial charge is 0.506 e. The molecule has 0 bridgehead atoms. The lowest BCUT2D eigenvalue weighted by Gasteiger charge is -2.30. The molecule has 0 saturated carbocycles. The maximum atomic E-state index is 12.9. The lowest BCUT2D eigenvalue weighted by molar-refractivity contribution is -0.121. The smallest absolute Gasteiger partial charge is 0.185 e. The van der Waals surface area contributed by atoms with Crippen molar-refractivity contribution in [2.75, 3.05) is 0 Å². The molecule has 22 heavy (non-hydrogen) atoms. The van der Waals surface area contributed by atoms with Gasteiger partial charge in [0.1, 0.15) is 5.75 Å². The first-order chi connectivity index (χ1) is 10.4. The predicted octanol–water partition coefficient (Wildman–Crippen LogP) is 4.02. The molecule has 1 N–H and O–H groups in total. The fourth-order valence-corrected chi connectivity index (χ4v) is 3.62. The topological polar surface area (TPSA) is 54.4 Å². The van der Waals surface area contributed by atoms with Crippen molar-refractivity contribution >= 4 is 23.2 Å². The number of rotatable bonds is 1. The molecule has 0 heterocycles. The average Bonchev–Trinajstić information content (AvgIpc) is 2.50. The number of phenols is 1. The summed E-state index contributed by atoms with van der Waals surface area (Å²) in [6.07, 6.45) is 3.19. The molecule has 1 aromatic carbocycles. The van der Waals surface area contributed by atoms with Crippen LogP contribution >= 0.6 is 11.6 Å². The molecule has 0 radical (unpaired) electrons. The van der Waals surface area contributed by atoms with E-state index in [-0.39, 0.29) is 22.3 Å². The van der Waals surface area contributed by atoms with Crippen molar-refractivity contribution < 1.29 is 14.7 Å². The minimum atomic E-state index is -0.701. The van der Waals surface area contributed by atoms with Crippen molar-refractivity contribution in [2.24, 2.45) is 0 Å². The molecule has 2 aliphatic rings. The van der Waals surface area contributed by atoms with Gasteiger partial charge in [-0.05, 0) is 55.9 Å². The van der Waals surface area contributed by atoms with E-state index in [4.69, 9.17) is 11.6 Å². The van der Waals surface area contributed by atoms with Crippen LogP contribution in [0.25, 0.3) is 0 Å². The van der Waals surface area contributed by atoms with E-state index in [0.29, 0.717) is 35.1 Å². The summed E-state index contributed by atoms with van der Waals surface area (Å²) in [5.41, 5.74) is 2.99. The molecule has 0 fully saturated rings. The van der Waals surface area contributed by atoms with Crippen LogP contribution in [0, 0.1) is 6.92 Å². The van der Waals surface area contributed by atoms with E-state index in [1.807, 2.05) is 6.92 Å².